The van der Waals surface area contributed by atoms with Crippen LogP contribution in [0.25, 0.3) is 0 Å². The molecule has 1 aliphatic carbocycles. The number of nitrogens with two attached hydrogens (primary N) is 1. The summed E-state index contributed by atoms with van der Waals surface area (Å²) in [5.74, 6) is -0.405. The predicted molar refractivity (Wildman–Crippen MR) is 61.5 cm³/mol. The number of carbonyl (C=O) groups is 1. The molecular weight excluding hydrogens is 220 g/mol. The van der Waals surface area contributed by atoms with Crippen LogP contribution in [0.4, 0.5) is 0 Å². The van der Waals surface area contributed by atoms with Crippen molar-refractivity contribution in [1.82, 2.24) is 15.0 Å². The van der Waals surface area contributed by atoms with Crippen LogP contribution in [0.1, 0.15) is 54.8 Å². The van der Waals surface area contributed by atoms with Gasteiger partial charge in [0, 0.05) is 6.54 Å². The Kier molecular flexibility index (Phi) is 3.42. The SMILES string of the molecule is CC1CCCC(n2nnc(C(=O)O)c2CN)C1. The van der Waals surface area contributed by atoms with Crippen molar-refractivity contribution in [3.05, 3.63) is 11.4 Å². The molecule has 0 aliphatic heterocycles. The van der Waals surface area contributed by atoms with Gasteiger partial charge in [0.2, 0.25) is 0 Å². The van der Waals surface area contributed by atoms with E-state index in [4.69, 9.17) is 10.8 Å². The molecule has 0 radical (unpaired) electrons. The molecule has 1 aliphatic rings. The molecule has 1 fully saturated rings. The third-order valence-electron chi connectivity index (χ3n) is 3.44. The van der Waals surface area contributed by atoms with E-state index in [0.29, 0.717) is 11.6 Å². The summed E-state index contributed by atoms with van der Waals surface area (Å²) in [5, 5.41) is 16.7. The third kappa shape index (κ3) is 2.31. The van der Waals surface area contributed by atoms with Gasteiger partial charge >= 0.3 is 5.97 Å². The van der Waals surface area contributed by atoms with E-state index in [1.807, 2.05) is 0 Å². The van der Waals surface area contributed by atoms with E-state index in [1.165, 1.54) is 6.42 Å². The van der Waals surface area contributed by atoms with Crippen LogP contribution in [0.15, 0.2) is 0 Å². The zero-order chi connectivity index (χ0) is 12.4. The standard InChI is InChI=1S/C11H18N4O2/c1-7-3-2-4-8(5-7)15-9(6-12)10(11(16)17)13-14-15/h7-8H,2-6,12H2,1H3,(H,16,17). The largest absolute Gasteiger partial charge is 0.476 e. The Bertz CT molecular complexity index is 416. The predicted octanol–water partition coefficient (Wildman–Crippen LogP) is 1.19. The first-order valence-electron chi connectivity index (χ1n) is 6.01. The van der Waals surface area contributed by atoms with Gasteiger partial charge in [-0.15, -0.1) is 5.10 Å². The fraction of sp³-hybridized carbons (Fsp3) is 0.727. The molecule has 2 unspecified atom stereocenters. The fourth-order valence-corrected chi connectivity index (χ4v) is 2.59. The van der Waals surface area contributed by atoms with Crippen LogP contribution in [0.5, 0.6) is 0 Å². The Balaban J connectivity index is 2.28. The summed E-state index contributed by atoms with van der Waals surface area (Å²) in [5.41, 5.74) is 6.14. The summed E-state index contributed by atoms with van der Waals surface area (Å²) < 4.78 is 1.72. The molecule has 1 heterocycles. The first-order chi connectivity index (χ1) is 8.13. The van der Waals surface area contributed by atoms with E-state index in [9.17, 15) is 4.79 Å². The van der Waals surface area contributed by atoms with Crippen LogP contribution < -0.4 is 5.73 Å². The number of aromatic nitrogens is 3. The molecule has 6 heteroatoms. The quantitative estimate of drug-likeness (QED) is 0.824. The minimum atomic E-state index is -1.06. The fourth-order valence-electron chi connectivity index (χ4n) is 2.59. The monoisotopic (exact) mass is 238 g/mol. The number of nitrogens with zero attached hydrogens (tertiary/aromatic N) is 3. The van der Waals surface area contributed by atoms with Crippen molar-refractivity contribution in [3.8, 4) is 0 Å². The van der Waals surface area contributed by atoms with Crippen molar-refractivity contribution >= 4 is 5.97 Å². The van der Waals surface area contributed by atoms with Gasteiger partial charge in [-0.1, -0.05) is 25.0 Å². The van der Waals surface area contributed by atoms with Gasteiger partial charge in [-0.3, -0.25) is 0 Å². The molecule has 17 heavy (non-hydrogen) atoms. The molecule has 1 aromatic rings. The zero-order valence-corrected chi connectivity index (χ0v) is 9.96. The Morgan fingerprint density at radius 1 is 1.59 bits per heavy atom. The molecule has 1 saturated carbocycles. The van der Waals surface area contributed by atoms with Crippen LogP contribution in [0.3, 0.4) is 0 Å². The lowest BCUT2D eigenvalue weighted by Crippen LogP contribution is -2.22. The number of carboxylic acid groups (broad SMARTS) is 1. The highest BCUT2D eigenvalue weighted by atomic mass is 16.4. The average Bonchev–Trinajstić information content (AvgIpc) is 2.72. The molecule has 1 aromatic heterocycles. The van der Waals surface area contributed by atoms with Crippen LogP contribution in [-0.2, 0) is 6.54 Å². The first-order valence-corrected chi connectivity index (χ1v) is 6.01. The van der Waals surface area contributed by atoms with Gasteiger partial charge in [-0.05, 0) is 18.8 Å². The number of aromatic carboxylic acids is 1. The second kappa shape index (κ2) is 4.83. The topological polar surface area (TPSA) is 94.0 Å². The molecule has 0 amide bonds. The molecule has 94 valence electrons. The van der Waals surface area contributed by atoms with Gasteiger partial charge in [0.05, 0.1) is 11.7 Å². The molecule has 0 bridgehead atoms. The smallest absolute Gasteiger partial charge is 0.358 e. The number of hydrogen-bond acceptors (Lipinski definition) is 4. The summed E-state index contributed by atoms with van der Waals surface area (Å²) >= 11 is 0. The lowest BCUT2D eigenvalue weighted by Gasteiger charge is -2.27. The maximum absolute atomic E-state index is 11.0. The van der Waals surface area contributed by atoms with Crippen LogP contribution in [0.2, 0.25) is 0 Å². The minimum absolute atomic E-state index is 0.00859. The van der Waals surface area contributed by atoms with E-state index < -0.39 is 5.97 Å². The van der Waals surface area contributed by atoms with Crippen molar-refractivity contribution < 1.29 is 9.90 Å². The number of hydrogen-bond donors (Lipinski definition) is 2. The summed E-state index contributed by atoms with van der Waals surface area (Å²) in [4.78, 5) is 11.0. The lowest BCUT2D eigenvalue weighted by atomic mass is 9.87. The third-order valence-corrected chi connectivity index (χ3v) is 3.44. The van der Waals surface area contributed by atoms with E-state index in [0.717, 1.165) is 19.3 Å². The maximum Gasteiger partial charge on any atom is 0.358 e. The summed E-state index contributed by atoms with van der Waals surface area (Å²) in [7, 11) is 0. The van der Waals surface area contributed by atoms with Gasteiger partial charge in [0.25, 0.3) is 0 Å². The normalized spacial score (nSPS) is 24.8. The second-order valence-corrected chi connectivity index (χ2v) is 4.76. The molecule has 6 nitrogen and oxygen atoms in total. The highest BCUT2D eigenvalue weighted by Crippen LogP contribution is 2.32. The van der Waals surface area contributed by atoms with Crippen LogP contribution in [0, 0.1) is 5.92 Å². The van der Waals surface area contributed by atoms with Gasteiger partial charge in [-0.2, -0.15) is 0 Å². The van der Waals surface area contributed by atoms with Crippen molar-refractivity contribution in [2.24, 2.45) is 11.7 Å². The van der Waals surface area contributed by atoms with Gasteiger partial charge < -0.3 is 10.8 Å². The van der Waals surface area contributed by atoms with E-state index in [1.54, 1.807) is 4.68 Å². The highest BCUT2D eigenvalue weighted by molar-refractivity contribution is 5.86. The number of carboxylic acids is 1. The van der Waals surface area contributed by atoms with Gasteiger partial charge in [0.1, 0.15) is 0 Å². The Labute approximate surface area is 99.8 Å². The van der Waals surface area contributed by atoms with E-state index in [-0.39, 0.29) is 18.3 Å². The van der Waals surface area contributed by atoms with E-state index in [2.05, 4.69) is 17.2 Å². The molecular formula is C11H18N4O2. The average molecular weight is 238 g/mol. The molecule has 0 saturated heterocycles. The number of rotatable bonds is 3. The van der Waals surface area contributed by atoms with Crippen molar-refractivity contribution in [3.63, 3.8) is 0 Å². The lowest BCUT2D eigenvalue weighted by molar-refractivity contribution is 0.0689. The second-order valence-electron chi connectivity index (χ2n) is 4.76. The van der Waals surface area contributed by atoms with Gasteiger partial charge in [-0.25, -0.2) is 9.48 Å². The van der Waals surface area contributed by atoms with Crippen molar-refractivity contribution in [2.45, 2.75) is 45.2 Å². The zero-order valence-electron chi connectivity index (χ0n) is 9.96. The van der Waals surface area contributed by atoms with Crippen LogP contribution >= 0.6 is 0 Å². The van der Waals surface area contributed by atoms with Crippen LogP contribution in [-0.4, -0.2) is 26.1 Å². The molecule has 3 N–H and O–H groups in total. The molecule has 0 spiro atoms. The molecule has 2 atom stereocenters. The van der Waals surface area contributed by atoms with Crippen molar-refractivity contribution in [2.75, 3.05) is 0 Å². The Hall–Kier alpha value is -1.43. The van der Waals surface area contributed by atoms with Crippen molar-refractivity contribution in [1.29, 1.82) is 0 Å². The summed E-state index contributed by atoms with van der Waals surface area (Å²) in [6, 6.07) is 0.248. The highest BCUT2D eigenvalue weighted by Gasteiger charge is 2.26. The van der Waals surface area contributed by atoms with E-state index >= 15 is 0 Å². The molecule has 2 rings (SSSR count). The Morgan fingerprint density at radius 3 is 2.94 bits per heavy atom. The van der Waals surface area contributed by atoms with Gasteiger partial charge in [0.15, 0.2) is 5.69 Å². The summed E-state index contributed by atoms with van der Waals surface area (Å²) in [6.45, 7) is 2.38. The maximum atomic E-state index is 11.0. The minimum Gasteiger partial charge on any atom is -0.476 e. The summed E-state index contributed by atoms with van der Waals surface area (Å²) in [6.07, 6.45) is 4.43. The Morgan fingerprint density at radius 2 is 2.35 bits per heavy atom. The first kappa shape index (κ1) is 12.0. The molecule has 0 aromatic carbocycles.